The minimum absolute atomic E-state index is 0.0128. The zero-order valence-corrected chi connectivity index (χ0v) is 17.6. The van der Waals surface area contributed by atoms with E-state index in [1.54, 1.807) is 24.1 Å². The number of aromatic nitrogens is 2. The molecule has 0 bridgehead atoms. The first-order valence-electron chi connectivity index (χ1n) is 9.83. The zero-order valence-electron chi connectivity index (χ0n) is 16.9. The second-order valence-corrected chi connectivity index (χ2v) is 7.77. The Balaban J connectivity index is 1.62. The third-order valence-corrected chi connectivity index (χ3v) is 5.50. The van der Waals surface area contributed by atoms with Gasteiger partial charge in [0.1, 0.15) is 6.04 Å². The van der Waals surface area contributed by atoms with E-state index in [1.165, 1.54) is 0 Å². The number of para-hydroxylation sites is 2. The number of rotatable bonds is 7. The first-order chi connectivity index (χ1) is 14.5. The van der Waals surface area contributed by atoms with Crippen LogP contribution in [0.4, 0.5) is 11.6 Å². The fourth-order valence-corrected chi connectivity index (χ4v) is 3.95. The Bertz CT molecular complexity index is 1110. The molecule has 156 valence electrons. The highest BCUT2D eigenvalue weighted by Crippen LogP contribution is 2.36. The maximum Gasteiger partial charge on any atom is 0.253 e. The van der Waals surface area contributed by atoms with Crippen LogP contribution in [-0.2, 0) is 14.3 Å². The molecule has 30 heavy (non-hydrogen) atoms. The Kier molecular flexibility index (Phi) is 5.74. The number of nitrogens with zero attached hydrogens (tertiary/aromatic N) is 3. The van der Waals surface area contributed by atoms with E-state index in [0.717, 1.165) is 16.6 Å². The van der Waals surface area contributed by atoms with E-state index in [4.69, 9.17) is 16.3 Å². The van der Waals surface area contributed by atoms with Crippen LogP contribution in [-0.4, -0.2) is 41.6 Å². The number of carbonyl (C=O) groups is 2. The summed E-state index contributed by atoms with van der Waals surface area (Å²) in [6.45, 7) is 2.93. The number of halogens is 1. The van der Waals surface area contributed by atoms with Crippen molar-refractivity contribution in [3.05, 3.63) is 53.1 Å². The van der Waals surface area contributed by atoms with Crippen LogP contribution in [0.15, 0.2) is 42.5 Å². The van der Waals surface area contributed by atoms with Gasteiger partial charge in [0.15, 0.2) is 0 Å². The van der Waals surface area contributed by atoms with E-state index in [2.05, 4.69) is 10.3 Å². The number of hydrogen-bond acceptors (Lipinski definition) is 4. The molecule has 0 saturated heterocycles. The Morgan fingerprint density at radius 3 is 2.87 bits per heavy atom. The number of imidazole rings is 1. The number of benzene rings is 2. The van der Waals surface area contributed by atoms with Crippen LogP contribution in [0.3, 0.4) is 0 Å². The number of methoxy groups -OCH3 is 1. The lowest BCUT2D eigenvalue weighted by Gasteiger charge is -2.16. The second kappa shape index (κ2) is 8.45. The number of aryl methyl sites for hydroxylation is 1. The van der Waals surface area contributed by atoms with Gasteiger partial charge in [-0.2, -0.15) is 0 Å². The molecule has 7 nitrogen and oxygen atoms in total. The van der Waals surface area contributed by atoms with Gasteiger partial charge < -0.3 is 10.1 Å². The van der Waals surface area contributed by atoms with Gasteiger partial charge in [0.05, 0.1) is 17.5 Å². The predicted octanol–water partition coefficient (Wildman–Crippen LogP) is 3.95. The molecule has 2 amide bonds. The lowest BCUT2D eigenvalue weighted by atomic mass is 10.1. The zero-order chi connectivity index (χ0) is 21.3. The van der Waals surface area contributed by atoms with Crippen molar-refractivity contribution in [2.45, 2.75) is 25.8 Å². The largest absolute Gasteiger partial charge is 0.385 e. The Morgan fingerprint density at radius 1 is 1.27 bits per heavy atom. The molecule has 1 N–H and O–H groups in total. The van der Waals surface area contributed by atoms with Crippen LogP contribution < -0.4 is 10.2 Å². The number of fused-ring (bicyclic) bond motifs is 3. The van der Waals surface area contributed by atoms with Crippen molar-refractivity contribution < 1.29 is 14.3 Å². The summed E-state index contributed by atoms with van der Waals surface area (Å²) < 4.78 is 6.99. The summed E-state index contributed by atoms with van der Waals surface area (Å²) in [7, 11) is 1.63. The third-order valence-electron chi connectivity index (χ3n) is 5.26. The monoisotopic (exact) mass is 426 g/mol. The molecular formula is C22H23ClN4O3. The molecule has 4 rings (SSSR count). The number of ether oxygens (including phenoxy) is 1. The van der Waals surface area contributed by atoms with Gasteiger partial charge in [-0.3, -0.25) is 19.1 Å². The van der Waals surface area contributed by atoms with Crippen LogP contribution in [0.5, 0.6) is 0 Å². The molecule has 0 spiro atoms. The molecule has 0 fully saturated rings. The quantitative estimate of drug-likeness (QED) is 0.580. The number of anilines is 2. The van der Waals surface area contributed by atoms with Gasteiger partial charge in [0.25, 0.3) is 5.91 Å². The summed E-state index contributed by atoms with van der Waals surface area (Å²) in [5.41, 5.74) is 3.19. The molecule has 2 heterocycles. The third kappa shape index (κ3) is 3.78. The lowest BCUT2D eigenvalue weighted by Crippen LogP contribution is -2.32. The van der Waals surface area contributed by atoms with Crippen molar-refractivity contribution in [3.8, 4) is 0 Å². The van der Waals surface area contributed by atoms with Crippen molar-refractivity contribution in [2.75, 3.05) is 30.5 Å². The first-order valence-corrected chi connectivity index (χ1v) is 10.2. The molecule has 0 radical (unpaired) electrons. The minimum Gasteiger partial charge on any atom is -0.385 e. The SMILES string of the molecule is COCCCN1C(=O)C(CC(=O)Nc2cc(Cl)ccc2C)n2c1nc1ccccc12. The van der Waals surface area contributed by atoms with Crippen molar-refractivity contribution in [1.82, 2.24) is 9.55 Å². The van der Waals surface area contributed by atoms with Gasteiger partial charge in [0, 0.05) is 31.0 Å². The second-order valence-electron chi connectivity index (χ2n) is 7.33. The van der Waals surface area contributed by atoms with Crippen LogP contribution in [0.2, 0.25) is 5.02 Å². The number of amides is 2. The number of nitrogens with one attached hydrogen (secondary N) is 1. The van der Waals surface area contributed by atoms with Crippen LogP contribution in [0, 0.1) is 6.92 Å². The van der Waals surface area contributed by atoms with Crippen LogP contribution >= 0.6 is 11.6 Å². The van der Waals surface area contributed by atoms with Crippen LogP contribution in [0.1, 0.15) is 24.4 Å². The Hall–Kier alpha value is -2.90. The maximum absolute atomic E-state index is 13.2. The Morgan fingerprint density at radius 2 is 2.07 bits per heavy atom. The molecule has 1 atom stereocenters. The molecule has 1 aromatic heterocycles. The highest BCUT2D eigenvalue weighted by Gasteiger charge is 2.40. The topological polar surface area (TPSA) is 76.5 Å². The minimum atomic E-state index is -0.644. The standard InChI is InChI=1S/C22H23ClN4O3/c1-14-8-9-15(23)12-17(14)24-20(28)13-19-21(29)26(10-5-11-30-2)22-25-16-6-3-4-7-18(16)27(19)22/h3-4,6-9,12,19H,5,10-11,13H2,1-2H3,(H,24,28). The highest BCUT2D eigenvalue weighted by atomic mass is 35.5. The van der Waals surface area contributed by atoms with Crippen LogP contribution in [0.25, 0.3) is 11.0 Å². The van der Waals surface area contributed by atoms with Gasteiger partial charge in [0.2, 0.25) is 11.9 Å². The molecule has 0 aliphatic carbocycles. The lowest BCUT2D eigenvalue weighted by molar-refractivity contribution is -0.124. The fraction of sp³-hybridized carbons (Fsp3) is 0.318. The summed E-state index contributed by atoms with van der Waals surface area (Å²) >= 11 is 6.06. The predicted molar refractivity (Wildman–Crippen MR) is 117 cm³/mol. The van der Waals surface area contributed by atoms with E-state index in [1.807, 2.05) is 41.8 Å². The molecule has 2 aromatic carbocycles. The maximum atomic E-state index is 13.2. The number of carbonyl (C=O) groups excluding carboxylic acids is 2. The highest BCUT2D eigenvalue weighted by molar-refractivity contribution is 6.31. The molecule has 3 aromatic rings. The number of hydrogen-bond donors (Lipinski definition) is 1. The molecular weight excluding hydrogens is 404 g/mol. The van der Waals surface area contributed by atoms with Gasteiger partial charge >= 0.3 is 0 Å². The molecule has 1 aliphatic heterocycles. The van der Waals surface area contributed by atoms with Crippen molar-refractivity contribution in [1.29, 1.82) is 0 Å². The summed E-state index contributed by atoms with van der Waals surface area (Å²) in [5.74, 6) is 0.201. The molecule has 1 aliphatic rings. The van der Waals surface area contributed by atoms with Gasteiger partial charge in [-0.15, -0.1) is 0 Å². The van der Waals surface area contributed by atoms with Gasteiger partial charge in [-0.25, -0.2) is 4.98 Å². The van der Waals surface area contributed by atoms with Crippen molar-refractivity contribution >= 4 is 46.1 Å². The Labute approximate surface area is 179 Å². The van der Waals surface area contributed by atoms with Crippen molar-refractivity contribution in [2.24, 2.45) is 0 Å². The average molecular weight is 427 g/mol. The average Bonchev–Trinajstić information content (AvgIpc) is 3.21. The van der Waals surface area contributed by atoms with E-state index >= 15 is 0 Å². The first kappa shape index (κ1) is 20.4. The van der Waals surface area contributed by atoms with Crippen molar-refractivity contribution in [3.63, 3.8) is 0 Å². The summed E-state index contributed by atoms with van der Waals surface area (Å²) in [6.07, 6.45) is 0.699. The summed E-state index contributed by atoms with van der Waals surface area (Å²) in [6, 6.07) is 12.3. The van der Waals surface area contributed by atoms with E-state index in [0.29, 0.717) is 36.2 Å². The molecule has 1 unspecified atom stereocenters. The van der Waals surface area contributed by atoms with Gasteiger partial charge in [-0.1, -0.05) is 29.8 Å². The van der Waals surface area contributed by atoms with E-state index in [9.17, 15) is 9.59 Å². The van der Waals surface area contributed by atoms with E-state index in [-0.39, 0.29) is 18.2 Å². The smallest absolute Gasteiger partial charge is 0.253 e. The summed E-state index contributed by atoms with van der Waals surface area (Å²) in [4.78, 5) is 32.3. The summed E-state index contributed by atoms with van der Waals surface area (Å²) in [5, 5.41) is 3.43. The van der Waals surface area contributed by atoms with E-state index < -0.39 is 6.04 Å². The molecule has 8 heteroatoms. The molecule has 0 saturated carbocycles. The normalized spacial score (nSPS) is 15.6. The fourth-order valence-electron chi connectivity index (χ4n) is 3.78. The van der Waals surface area contributed by atoms with Gasteiger partial charge in [-0.05, 0) is 43.2 Å².